The zero-order valence-corrected chi connectivity index (χ0v) is 11.1. The molecule has 4 nitrogen and oxygen atoms in total. The van der Waals surface area contributed by atoms with Crippen LogP contribution < -0.4 is 0 Å². The van der Waals surface area contributed by atoms with Crippen molar-refractivity contribution in [1.82, 2.24) is 4.98 Å². The van der Waals surface area contributed by atoms with Crippen molar-refractivity contribution in [2.24, 2.45) is 0 Å². The Morgan fingerprint density at radius 3 is 2.74 bits per heavy atom. The Hall–Kier alpha value is -2.23. The Morgan fingerprint density at radius 2 is 2.00 bits per heavy atom. The summed E-state index contributed by atoms with van der Waals surface area (Å²) < 4.78 is 10.3. The van der Waals surface area contributed by atoms with Crippen LogP contribution in [0.3, 0.4) is 0 Å². The molecule has 0 unspecified atom stereocenters. The lowest BCUT2D eigenvalue weighted by Crippen LogP contribution is -2.10. The van der Waals surface area contributed by atoms with Crippen LogP contribution in [0.15, 0.2) is 36.2 Å². The molecule has 2 rings (SSSR count). The molecule has 0 fully saturated rings. The minimum atomic E-state index is -0.432. The van der Waals surface area contributed by atoms with Gasteiger partial charge in [0.05, 0.1) is 13.2 Å². The van der Waals surface area contributed by atoms with Crippen LogP contribution in [0.4, 0.5) is 0 Å². The summed E-state index contributed by atoms with van der Waals surface area (Å²) in [4.78, 5) is 14.9. The summed E-state index contributed by atoms with van der Waals surface area (Å²) in [6.07, 6.45) is 3.58. The Bertz CT molecular complexity index is 598. The molecule has 4 heteroatoms. The standard InChI is InChI=1S/C15H17NO3/c1-3-18-14(15(17)19-4-2)10-11-5-6-13-12(9-11)7-8-16-13/h5-10,16H,3-4H2,1-2H3. The number of carbonyl (C=O) groups is 1. The highest BCUT2D eigenvalue weighted by atomic mass is 16.6. The number of aromatic amines is 1. The summed E-state index contributed by atoms with van der Waals surface area (Å²) in [5, 5.41) is 1.09. The maximum absolute atomic E-state index is 11.7. The smallest absolute Gasteiger partial charge is 0.373 e. The van der Waals surface area contributed by atoms with E-state index in [9.17, 15) is 4.79 Å². The van der Waals surface area contributed by atoms with E-state index in [1.165, 1.54) is 0 Å². The topological polar surface area (TPSA) is 51.3 Å². The first kappa shape index (κ1) is 13.2. The number of nitrogens with one attached hydrogen (secondary N) is 1. The van der Waals surface area contributed by atoms with Crippen LogP contribution in [-0.4, -0.2) is 24.2 Å². The zero-order valence-electron chi connectivity index (χ0n) is 11.1. The van der Waals surface area contributed by atoms with Gasteiger partial charge in [-0.2, -0.15) is 0 Å². The summed E-state index contributed by atoms with van der Waals surface area (Å²) in [6.45, 7) is 4.37. The fraction of sp³-hybridized carbons (Fsp3) is 0.267. The van der Waals surface area contributed by atoms with Gasteiger partial charge >= 0.3 is 5.97 Å². The van der Waals surface area contributed by atoms with E-state index in [0.29, 0.717) is 13.2 Å². The maximum Gasteiger partial charge on any atom is 0.373 e. The van der Waals surface area contributed by atoms with Crippen molar-refractivity contribution < 1.29 is 14.3 Å². The molecule has 0 aliphatic heterocycles. The molecule has 0 atom stereocenters. The Kier molecular flexibility index (Phi) is 4.23. The van der Waals surface area contributed by atoms with E-state index in [-0.39, 0.29) is 5.76 Å². The predicted molar refractivity (Wildman–Crippen MR) is 74.5 cm³/mol. The molecule has 19 heavy (non-hydrogen) atoms. The molecule has 100 valence electrons. The van der Waals surface area contributed by atoms with Gasteiger partial charge in [-0.3, -0.25) is 0 Å². The molecule has 0 aliphatic rings. The molecule has 0 radical (unpaired) electrons. The summed E-state index contributed by atoms with van der Waals surface area (Å²) in [5.74, 6) is -0.197. The summed E-state index contributed by atoms with van der Waals surface area (Å²) >= 11 is 0. The minimum absolute atomic E-state index is 0.235. The van der Waals surface area contributed by atoms with Gasteiger partial charge in [0.1, 0.15) is 0 Å². The van der Waals surface area contributed by atoms with E-state index in [0.717, 1.165) is 16.5 Å². The second kappa shape index (κ2) is 6.09. The van der Waals surface area contributed by atoms with E-state index in [4.69, 9.17) is 9.47 Å². The molecule has 1 heterocycles. The molecule has 0 aliphatic carbocycles. The van der Waals surface area contributed by atoms with Crippen molar-refractivity contribution in [2.45, 2.75) is 13.8 Å². The highest BCUT2D eigenvalue weighted by molar-refractivity contribution is 5.92. The Balaban J connectivity index is 2.30. The third-order valence-corrected chi connectivity index (χ3v) is 2.65. The number of H-pyrrole nitrogens is 1. The summed E-state index contributed by atoms with van der Waals surface area (Å²) in [5.41, 5.74) is 1.97. The summed E-state index contributed by atoms with van der Waals surface area (Å²) in [6, 6.07) is 7.87. The normalized spacial score (nSPS) is 11.6. The van der Waals surface area contributed by atoms with Gasteiger partial charge < -0.3 is 14.5 Å². The predicted octanol–water partition coefficient (Wildman–Crippen LogP) is 3.11. The molecule has 0 spiro atoms. The van der Waals surface area contributed by atoms with Gasteiger partial charge in [0, 0.05) is 11.7 Å². The van der Waals surface area contributed by atoms with Crippen molar-refractivity contribution in [1.29, 1.82) is 0 Å². The first-order valence-electron chi connectivity index (χ1n) is 6.33. The molecule has 1 aromatic carbocycles. The number of rotatable bonds is 5. The van der Waals surface area contributed by atoms with Crippen molar-refractivity contribution in [3.8, 4) is 0 Å². The van der Waals surface area contributed by atoms with Crippen LogP contribution in [0.25, 0.3) is 17.0 Å². The molecule has 0 saturated carbocycles. The molecule has 0 saturated heterocycles. The average molecular weight is 259 g/mol. The number of hydrogen-bond acceptors (Lipinski definition) is 3. The van der Waals surface area contributed by atoms with Crippen LogP contribution in [0.5, 0.6) is 0 Å². The number of benzene rings is 1. The zero-order chi connectivity index (χ0) is 13.7. The number of esters is 1. The van der Waals surface area contributed by atoms with Crippen LogP contribution >= 0.6 is 0 Å². The molecule has 0 bridgehead atoms. The fourth-order valence-electron chi connectivity index (χ4n) is 1.83. The lowest BCUT2D eigenvalue weighted by atomic mass is 10.1. The molecular weight excluding hydrogens is 242 g/mol. The van der Waals surface area contributed by atoms with Gasteiger partial charge in [-0.15, -0.1) is 0 Å². The van der Waals surface area contributed by atoms with Gasteiger partial charge in [0.25, 0.3) is 0 Å². The highest BCUT2D eigenvalue weighted by Crippen LogP contribution is 2.17. The molecule has 1 N–H and O–H groups in total. The van der Waals surface area contributed by atoms with E-state index in [1.807, 2.05) is 37.4 Å². The highest BCUT2D eigenvalue weighted by Gasteiger charge is 2.11. The average Bonchev–Trinajstić information content (AvgIpc) is 2.86. The van der Waals surface area contributed by atoms with Crippen LogP contribution in [0.2, 0.25) is 0 Å². The monoisotopic (exact) mass is 259 g/mol. The van der Waals surface area contributed by atoms with E-state index >= 15 is 0 Å². The number of hydrogen-bond donors (Lipinski definition) is 1. The van der Waals surface area contributed by atoms with E-state index < -0.39 is 5.97 Å². The molecule has 0 amide bonds. The minimum Gasteiger partial charge on any atom is -0.487 e. The lowest BCUT2D eigenvalue weighted by Gasteiger charge is -2.07. The Morgan fingerprint density at radius 1 is 1.21 bits per heavy atom. The van der Waals surface area contributed by atoms with Crippen LogP contribution in [0, 0.1) is 0 Å². The number of carbonyl (C=O) groups excluding carboxylic acids is 1. The largest absolute Gasteiger partial charge is 0.487 e. The van der Waals surface area contributed by atoms with Crippen molar-refractivity contribution >= 4 is 22.9 Å². The summed E-state index contributed by atoms with van der Waals surface area (Å²) in [7, 11) is 0. The van der Waals surface area contributed by atoms with Crippen molar-refractivity contribution in [3.63, 3.8) is 0 Å². The van der Waals surface area contributed by atoms with E-state index in [2.05, 4.69) is 4.98 Å². The maximum atomic E-state index is 11.7. The van der Waals surface area contributed by atoms with Gasteiger partial charge in [-0.05, 0) is 49.1 Å². The fourth-order valence-corrected chi connectivity index (χ4v) is 1.83. The first-order valence-corrected chi connectivity index (χ1v) is 6.33. The Labute approximate surface area is 112 Å². The second-order valence-corrected chi connectivity index (χ2v) is 3.99. The van der Waals surface area contributed by atoms with Crippen LogP contribution in [0.1, 0.15) is 19.4 Å². The third-order valence-electron chi connectivity index (χ3n) is 2.65. The van der Waals surface area contributed by atoms with Gasteiger partial charge in [-0.25, -0.2) is 4.79 Å². The quantitative estimate of drug-likeness (QED) is 0.510. The van der Waals surface area contributed by atoms with Crippen LogP contribution in [-0.2, 0) is 14.3 Å². The van der Waals surface area contributed by atoms with Crippen molar-refractivity contribution in [2.75, 3.05) is 13.2 Å². The second-order valence-electron chi connectivity index (χ2n) is 3.99. The first-order chi connectivity index (χ1) is 9.24. The van der Waals surface area contributed by atoms with Gasteiger partial charge in [0.15, 0.2) is 0 Å². The molecule has 1 aromatic heterocycles. The van der Waals surface area contributed by atoms with E-state index in [1.54, 1.807) is 13.0 Å². The van der Waals surface area contributed by atoms with Crippen molar-refractivity contribution in [3.05, 3.63) is 41.8 Å². The molecular formula is C15H17NO3. The molecule has 2 aromatic rings. The third kappa shape index (κ3) is 3.16. The number of fused-ring (bicyclic) bond motifs is 1. The number of ether oxygens (including phenoxy) is 2. The van der Waals surface area contributed by atoms with Gasteiger partial charge in [-0.1, -0.05) is 6.07 Å². The van der Waals surface area contributed by atoms with Gasteiger partial charge in [0.2, 0.25) is 5.76 Å². The number of aromatic nitrogens is 1. The SMILES string of the molecule is CCOC(=O)C(=Cc1ccc2[nH]ccc2c1)OCC. The lowest BCUT2D eigenvalue weighted by molar-refractivity contribution is -0.142.